The maximum Gasteiger partial charge on any atom is 0.414 e. The number of cyclic esters (lactones) is 1. The zero-order chi connectivity index (χ0) is 25.1. The number of likely N-dealkylation sites (N-methyl/N-ethyl adjacent to an activating group) is 1. The highest BCUT2D eigenvalue weighted by Gasteiger charge is 2.32. The van der Waals surface area contributed by atoms with Crippen LogP contribution in [-0.2, 0) is 9.53 Å². The number of hydrazine groups is 2. The van der Waals surface area contributed by atoms with E-state index < -0.39 is 18.0 Å². The van der Waals surface area contributed by atoms with Crippen molar-refractivity contribution in [2.45, 2.75) is 13.0 Å². The molecular weight excluding hydrogens is 455 g/mol. The summed E-state index contributed by atoms with van der Waals surface area (Å²) in [4.78, 5) is 31.2. The van der Waals surface area contributed by atoms with Crippen LogP contribution in [0.15, 0.2) is 41.6 Å². The van der Waals surface area contributed by atoms with Crippen LogP contribution in [0.4, 0.5) is 14.9 Å². The molecule has 0 aliphatic carbocycles. The van der Waals surface area contributed by atoms with Crippen molar-refractivity contribution in [1.82, 2.24) is 30.9 Å². The monoisotopic (exact) mass is 484 g/mol. The van der Waals surface area contributed by atoms with Gasteiger partial charge in [0.05, 0.1) is 25.3 Å². The molecule has 12 heteroatoms. The van der Waals surface area contributed by atoms with Crippen molar-refractivity contribution in [3.05, 3.63) is 48.0 Å². The Balaban J connectivity index is 1.44. The third-order valence-electron chi connectivity index (χ3n) is 5.61. The fourth-order valence-corrected chi connectivity index (χ4v) is 3.71. The van der Waals surface area contributed by atoms with Crippen molar-refractivity contribution in [1.29, 1.82) is 0 Å². The molecule has 186 valence electrons. The first-order valence-electron chi connectivity index (χ1n) is 11.2. The van der Waals surface area contributed by atoms with Gasteiger partial charge in [0.15, 0.2) is 5.84 Å². The van der Waals surface area contributed by atoms with Crippen LogP contribution in [0.2, 0.25) is 0 Å². The van der Waals surface area contributed by atoms with Gasteiger partial charge in [-0.1, -0.05) is 6.07 Å². The molecule has 1 aromatic heterocycles. The molecule has 2 aliphatic rings. The Morgan fingerprint density at radius 2 is 2.11 bits per heavy atom. The number of hydrogen-bond donors (Lipinski definition) is 2. The van der Waals surface area contributed by atoms with Crippen molar-refractivity contribution < 1.29 is 18.7 Å². The van der Waals surface area contributed by atoms with Crippen molar-refractivity contribution in [2.75, 3.05) is 52.2 Å². The van der Waals surface area contributed by atoms with Crippen molar-refractivity contribution in [2.24, 2.45) is 5.10 Å². The van der Waals surface area contributed by atoms with E-state index in [1.165, 1.54) is 17.9 Å². The van der Waals surface area contributed by atoms with Crippen LogP contribution in [0, 0.1) is 5.82 Å². The molecule has 0 spiro atoms. The fraction of sp³-hybridized carbons (Fsp3) is 0.391. The second-order valence-electron chi connectivity index (χ2n) is 8.63. The number of aromatic nitrogens is 1. The summed E-state index contributed by atoms with van der Waals surface area (Å²) in [5, 5.41) is 10.8. The second kappa shape index (κ2) is 10.2. The summed E-state index contributed by atoms with van der Waals surface area (Å²) in [5.74, 6) is -0.0879. The summed E-state index contributed by atoms with van der Waals surface area (Å²) >= 11 is 0. The summed E-state index contributed by atoms with van der Waals surface area (Å²) < 4.78 is 20.3. The van der Waals surface area contributed by atoms with Gasteiger partial charge in [-0.2, -0.15) is 0 Å². The molecule has 1 aromatic carbocycles. The number of carbonyl (C=O) groups excluding carboxylic acids is 2. The van der Waals surface area contributed by atoms with Gasteiger partial charge in [-0.05, 0) is 38.4 Å². The number of ether oxygens (including phenoxy) is 1. The molecule has 0 bridgehead atoms. The molecule has 11 nitrogen and oxygen atoms in total. The van der Waals surface area contributed by atoms with E-state index in [1.807, 2.05) is 26.3 Å². The first-order valence-corrected chi connectivity index (χ1v) is 11.2. The van der Waals surface area contributed by atoms with Crippen LogP contribution in [0.1, 0.15) is 12.6 Å². The Morgan fingerprint density at radius 1 is 1.31 bits per heavy atom. The normalized spacial score (nSPS) is 18.1. The first-order chi connectivity index (χ1) is 16.7. The zero-order valence-corrected chi connectivity index (χ0v) is 20.2. The van der Waals surface area contributed by atoms with Gasteiger partial charge in [0, 0.05) is 37.8 Å². The molecule has 35 heavy (non-hydrogen) atoms. The topological polar surface area (TPSA) is 106 Å². The van der Waals surface area contributed by atoms with Crippen LogP contribution in [0.3, 0.4) is 0 Å². The molecule has 4 rings (SSSR count). The average Bonchev–Trinajstić information content (AvgIpc) is 3.38. The molecule has 2 N–H and O–H groups in total. The van der Waals surface area contributed by atoms with Gasteiger partial charge in [-0.15, -0.1) is 10.2 Å². The quantitative estimate of drug-likeness (QED) is 0.577. The summed E-state index contributed by atoms with van der Waals surface area (Å²) in [6.07, 6.45) is 0.525. The minimum Gasteiger partial charge on any atom is -0.442 e. The van der Waals surface area contributed by atoms with Gasteiger partial charge < -0.3 is 15.0 Å². The number of halogens is 1. The lowest BCUT2D eigenvalue weighted by molar-refractivity contribution is -0.119. The number of nitrogens with one attached hydrogen (secondary N) is 2. The standard InChI is InChI=1S/C23H29FN8O3/c1-15(33)25-13-18-14-31(23(34)35-18)17-6-7-19(20(24)11-17)16-5-8-21(26-12-16)22-27-30(4)32(28-22)10-9-29(2)3/h5-8,11-12,18H,9-10,13-14H2,1-4H3,(H,25,33)(H,27,28)/t18-/m0/s1. The van der Waals surface area contributed by atoms with E-state index in [0.29, 0.717) is 34.9 Å². The number of amides is 2. The number of pyridine rings is 1. The molecule has 0 radical (unpaired) electrons. The molecule has 1 fully saturated rings. The highest BCUT2D eigenvalue weighted by molar-refractivity contribution is 5.97. The van der Waals surface area contributed by atoms with E-state index in [0.717, 1.165) is 6.54 Å². The lowest BCUT2D eigenvalue weighted by atomic mass is 10.1. The number of anilines is 1. The van der Waals surface area contributed by atoms with E-state index in [-0.39, 0.29) is 19.0 Å². The predicted molar refractivity (Wildman–Crippen MR) is 129 cm³/mol. The van der Waals surface area contributed by atoms with Gasteiger partial charge in [-0.3, -0.25) is 20.1 Å². The van der Waals surface area contributed by atoms with E-state index in [9.17, 15) is 9.59 Å². The third-order valence-corrected chi connectivity index (χ3v) is 5.61. The molecule has 0 unspecified atom stereocenters. The summed E-state index contributed by atoms with van der Waals surface area (Å²) in [5.41, 5.74) is 5.14. The summed E-state index contributed by atoms with van der Waals surface area (Å²) in [6.45, 7) is 3.38. The highest BCUT2D eigenvalue weighted by Crippen LogP contribution is 2.29. The lowest BCUT2D eigenvalue weighted by Crippen LogP contribution is -2.43. The maximum atomic E-state index is 15.0. The Morgan fingerprint density at radius 3 is 2.77 bits per heavy atom. The van der Waals surface area contributed by atoms with Crippen molar-refractivity contribution >= 4 is 23.5 Å². The maximum absolute atomic E-state index is 15.0. The SMILES string of the molecule is CC(=O)NC[C@H]1CN(c2ccc(-c3ccc(C4=NN(CCN(C)C)N(C)N4)nc3)c(F)c2)C(=O)O1. The molecule has 1 saturated heterocycles. The largest absolute Gasteiger partial charge is 0.442 e. The molecular formula is C23H29FN8O3. The van der Waals surface area contributed by atoms with Crippen LogP contribution < -0.4 is 15.6 Å². The number of amidine groups is 1. The minimum atomic E-state index is -0.576. The summed E-state index contributed by atoms with van der Waals surface area (Å²) in [6, 6.07) is 8.13. The molecule has 2 amide bonds. The van der Waals surface area contributed by atoms with E-state index in [2.05, 4.69) is 25.7 Å². The van der Waals surface area contributed by atoms with Gasteiger partial charge in [-0.25, -0.2) is 14.3 Å². The van der Waals surface area contributed by atoms with E-state index in [4.69, 9.17) is 4.74 Å². The molecule has 3 heterocycles. The molecule has 2 aromatic rings. The minimum absolute atomic E-state index is 0.208. The number of hydrazone groups is 1. The number of benzene rings is 1. The Kier molecular flexibility index (Phi) is 7.12. The smallest absolute Gasteiger partial charge is 0.414 e. The predicted octanol–water partition coefficient (Wildman–Crippen LogP) is 1.24. The molecule has 2 aliphatic heterocycles. The van der Waals surface area contributed by atoms with Crippen molar-refractivity contribution in [3.8, 4) is 11.1 Å². The fourth-order valence-electron chi connectivity index (χ4n) is 3.71. The summed E-state index contributed by atoms with van der Waals surface area (Å²) in [7, 11) is 5.87. The van der Waals surface area contributed by atoms with Crippen LogP contribution in [-0.4, -0.2) is 91.4 Å². The van der Waals surface area contributed by atoms with E-state index in [1.54, 1.807) is 35.6 Å². The van der Waals surface area contributed by atoms with Gasteiger partial charge >= 0.3 is 6.09 Å². The Hall–Kier alpha value is -3.77. The van der Waals surface area contributed by atoms with E-state index >= 15 is 4.39 Å². The van der Waals surface area contributed by atoms with Crippen LogP contribution in [0.5, 0.6) is 0 Å². The molecule has 0 saturated carbocycles. The number of carbonyl (C=O) groups is 2. The highest BCUT2D eigenvalue weighted by atomic mass is 19.1. The average molecular weight is 485 g/mol. The van der Waals surface area contributed by atoms with Gasteiger partial charge in [0.25, 0.3) is 0 Å². The van der Waals surface area contributed by atoms with Crippen LogP contribution in [0.25, 0.3) is 11.1 Å². The number of rotatable bonds is 8. The van der Waals surface area contributed by atoms with Gasteiger partial charge in [0.2, 0.25) is 5.91 Å². The lowest BCUT2D eigenvalue weighted by Gasteiger charge is -2.23. The van der Waals surface area contributed by atoms with Crippen LogP contribution >= 0.6 is 0 Å². The zero-order valence-electron chi connectivity index (χ0n) is 20.2. The Labute approximate surface area is 203 Å². The first kappa shape index (κ1) is 24.4. The van der Waals surface area contributed by atoms with Gasteiger partial charge in [0.1, 0.15) is 17.6 Å². The number of hydrogen-bond acceptors (Lipinski definition) is 9. The number of nitrogens with zero attached hydrogens (tertiary/aromatic N) is 6. The third kappa shape index (κ3) is 5.66. The Bertz CT molecular complexity index is 1120. The van der Waals surface area contributed by atoms with Crippen molar-refractivity contribution in [3.63, 3.8) is 0 Å². The molecule has 1 atom stereocenters. The second-order valence-corrected chi connectivity index (χ2v) is 8.63.